The number of nitrogens with zero attached hydrogens (tertiary/aromatic N) is 2. The van der Waals surface area contributed by atoms with Gasteiger partial charge in [0.15, 0.2) is 5.13 Å². The Labute approximate surface area is 141 Å². The van der Waals surface area contributed by atoms with Crippen molar-refractivity contribution in [1.82, 2.24) is 9.88 Å². The minimum absolute atomic E-state index is 0.00546. The molecular formula is C15H24ClN3O2S. The first-order valence-corrected chi connectivity index (χ1v) is 8.54. The van der Waals surface area contributed by atoms with E-state index in [0.29, 0.717) is 5.13 Å². The minimum atomic E-state index is -0.694. The van der Waals surface area contributed by atoms with Gasteiger partial charge in [-0.05, 0) is 41.5 Å². The number of aromatic nitrogens is 1. The van der Waals surface area contributed by atoms with E-state index in [4.69, 9.17) is 11.6 Å². The van der Waals surface area contributed by atoms with Gasteiger partial charge in [0, 0.05) is 16.8 Å². The van der Waals surface area contributed by atoms with Gasteiger partial charge >= 0.3 is 0 Å². The predicted octanol–water partition coefficient (Wildman–Crippen LogP) is 3.20. The highest BCUT2D eigenvalue weighted by Crippen LogP contribution is 2.23. The second kappa shape index (κ2) is 7.42. The van der Waals surface area contributed by atoms with Crippen LogP contribution >= 0.6 is 22.9 Å². The van der Waals surface area contributed by atoms with Gasteiger partial charge in [-0.1, -0.05) is 0 Å². The van der Waals surface area contributed by atoms with Crippen molar-refractivity contribution < 1.29 is 9.59 Å². The van der Waals surface area contributed by atoms with Crippen LogP contribution in [0.2, 0.25) is 0 Å². The average molecular weight is 346 g/mol. The first-order chi connectivity index (χ1) is 10.1. The molecule has 2 amide bonds. The van der Waals surface area contributed by atoms with E-state index in [1.165, 1.54) is 11.3 Å². The Morgan fingerprint density at radius 1 is 1.36 bits per heavy atom. The van der Waals surface area contributed by atoms with E-state index in [1.54, 1.807) is 18.7 Å². The standard InChI is InChI=1S/C15H24ClN3O2S/c1-9(2)19(13(21)15(5,6)8-16)7-12(20)18-14-17-10(3)11(4)22-14/h9H,7-8H2,1-6H3,(H,17,18,20). The normalized spacial score (nSPS) is 11.6. The number of hydrogen-bond donors (Lipinski definition) is 1. The maximum atomic E-state index is 12.5. The number of carbonyl (C=O) groups is 2. The van der Waals surface area contributed by atoms with Gasteiger partial charge in [0.05, 0.1) is 11.1 Å². The van der Waals surface area contributed by atoms with Crippen molar-refractivity contribution >= 4 is 39.9 Å². The van der Waals surface area contributed by atoms with Gasteiger partial charge in [0.2, 0.25) is 11.8 Å². The van der Waals surface area contributed by atoms with Gasteiger partial charge in [0.25, 0.3) is 0 Å². The molecule has 1 N–H and O–H groups in total. The van der Waals surface area contributed by atoms with E-state index in [2.05, 4.69) is 10.3 Å². The van der Waals surface area contributed by atoms with Gasteiger partial charge in [-0.2, -0.15) is 0 Å². The number of nitrogens with one attached hydrogen (secondary N) is 1. The van der Waals surface area contributed by atoms with E-state index >= 15 is 0 Å². The Morgan fingerprint density at radius 3 is 2.36 bits per heavy atom. The summed E-state index contributed by atoms with van der Waals surface area (Å²) < 4.78 is 0. The van der Waals surface area contributed by atoms with Gasteiger partial charge in [-0.25, -0.2) is 4.98 Å². The molecule has 5 nitrogen and oxygen atoms in total. The summed E-state index contributed by atoms with van der Waals surface area (Å²) in [4.78, 5) is 31.6. The Balaban J connectivity index is 2.79. The summed E-state index contributed by atoms with van der Waals surface area (Å²) in [6.07, 6.45) is 0. The molecule has 0 aliphatic rings. The second-order valence-corrected chi connectivity index (χ2v) is 7.72. The monoisotopic (exact) mass is 345 g/mol. The topological polar surface area (TPSA) is 62.3 Å². The van der Waals surface area contributed by atoms with Crippen molar-refractivity contribution in [3.8, 4) is 0 Å². The molecule has 1 heterocycles. The average Bonchev–Trinajstić information content (AvgIpc) is 2.73. The van der Waals surface area contributed by atoms with Crippen molar-refractivity contribution in [2.24, 2.45) is 5.41 Å². The SMILES string of the molecule is Cc1nc(NC(=O)CN(C(=O)C(C)(C)CCl)C(C)C)sc1C. The second-order valence-electron chi connectivity index (χ2n) is 6.25. The lowest BCUT2D eigenvalue weighted by molar-refractivity contribution is -0.143. The van der Waals surface area contributed by atoms with E-state index in [-0.39, 0.29) is 30.3 Å². The van der Waals surface area contributed by atoms with Crippen LogP contribution in [-0.4, -0.2) is 40.2 Å². The number of rotatable bonds is 6. The third-order valence-electron chi connectivity index (χ3n) is 3.39. The number of hydrogen-bond acceptors (Lipinski definition) is 4. The minimum Gasteiger partial charge on any atom is -0.330 e. The van der Waals surface area contributed by atoms with E-state index < -0.39 is 5.41 Å². The molecule has 0 aliphatic heterocycles. The van der Waals surface area contributed by atoms with Crippen LogP contribution in [0.5, 0.6) is 0 Å². The molecule has 1 aromatic rings. The van der Waals surface area contributed by atoms with Crippen LogP contribution in [0.3, 0.4) is 0 Å². The molecule has 7 heteroatoms. The summed E-state index contributed by atoms with van der Waals surface area (Å²) in [5, 5.41) is 3.32. The van der Waals surface area contributed by atoms with Crippen LogP contribution in [0, 0.1) is 19.3 Å². The molecule has 0 saturated heterocycles. The summed E-state index contributed by atoms with van der Waals surface area (Å²) >= 11 is 7.30. The van der Waals surface area contributed by atoms with E-state index in [1.807, 2.05) is 27.7 Å². The molecule has 0 saturated carbocycles. The number of amides is 2. The highest BCUT2D eigenvalue weighted by Gasteiger charge is 2.33. The molecule has 0 bridgehead atoms. The molecular weight excluding hydrogens is 322 g/mol. The fourth-order valence-electron chi connectivity index (χ4n) is 1.77. The van der Waals surface area contributed by atoms with Crippen LogP contribution in [0.25, 0.3) is 0 Å². The zero-order valence-electron chi connectivity index (χ0n) is 14.0. The molecule has 22 heavy (non-hydrogen) atoms. The largest absolute Gasteiger partial charge is 0.330 e. The fourth-order valence-corrected chi connectivity index (χ4v) is 2.72. The quantitative estimate of drug-likeness (QED) is 0.805. The van der Waals surface area contributed by atoms with E-state index in [9.17, 15) is 9.59 Å². The highest BCUT2D eigenvalue weighted by molar-refractivity contribution is 7.15. The highest BCUT2D eigenvalue weighted by atomic mass is 35.5. The van der Waals surface area contributed by atoms with Crippen molar-refractivity contribution in [3.63, 3.8) is 0 Å². The van der Waals surface area contributed by atoms with Crippen LogP contribution in [0.1, 0.15) is 38.3 Å². The molecule has 1 rings (SSSR count). The Morgan fingerprint density at radius 2 is 1.95 bits per heavy atom. The van der Waals surface area contributed by atoms with Crippen LogP contribution < -0.4 is 5.32 Å². The third kappa shape index (κ3) is 4.68. The molecule has 0 unspecified atom stereocenters. The Bertz CT molecular complexity index is 535. The molecule has 0 fully saturated rings. The smallest absolute Gasteiger partial charge is 0.245 e. The lowest BCUT2D eigenvalue weighted by atomic mass is 9.93. The number of halogens is 1. The molecule has 0 spiro atoms. The lowest BCUT2D eigenvalue weighted by Gasteiger charge is -2.33. The number of aryl methyl sites for hydroxylation is 2. The van der Waals surface area contributed by atoms with Gasteiger partial charge in [-0.3, -0.25) is 9.59 Å². The van der Waals surface area contributed by atoms with Gasteiger partial charge < -0.3 is 10.2 Å². The first-order valence-electron chi connectivity index (χ1n) is 7.19. The number of thiazole rings is 1. The van der Waals surface area contributed by atoms with Gasteiger partial charge in [0.1, 0.15) is 6.54 Å². The molecule has 0 aliphatic carbocycles. The zero-order valence-corrected chi connectivity index (χ0v) is 15.6. The number of anilines is 1. The van der Waals surface area contributed by atoms with Crippen LogP contribution in [0.15, 0.2) is 0 Å². The number of carbonyl (C=O) groups excluding carboxylic acids is 2. The fraction of sp³-hybridized carbons (Fsp3) is 0.667. The van der Waals surface area contributed by atoms with Crippen molar-refractivity contribution in [2.75, 3.05) is 17.7 Å². The molecule has 0 aromatic carbocycles. The summed E-state index contributed by atoms with van der Waals surface area (Å²) in [6, 6.07) is -0.0829. The molecule has 124 valence electrons. The molecule has 1 aromatic heterocycles. The summed E-state index contributed by atoms with van der Waals surface area (Å²) in [5.74, 6) is -0.165. The van der Waals surface area contributed by atoms with Crippen LogP contribution in [-0.2, 0) is 9.59 Å². The third-order valence-corrected chi connectivity index (χ3v) is 5.04. The van der Waals surface area contributed by atoms with Crippen LogP contribution in [0.4, 0.5) is 5.13 Å². The Hall–Kier alpha value is -1.14. The lowest BCUT2D eigenvalue weighted by Crippen LogP contribution is -2.48. The zero-order chi connectivity index (χ0) is 17.1. The molecule has 0 radical (unpaired) electrons. The van der Waals surface area contributed by atoms with Gasteiger partial charge in [-0.15, -0.1) is 22.9 Å². The van der Waals surface area contributed by atoms with E-state index in [0.717, 1.165) is 10.6 Å². The maximum Gasteiger partial charge on any atom is 0.245 e. The van der Waals surface area contributed by atoms with Crippen molar-refractivity contribution in [2.45, 2.75) is 47.6 Å². The molecule has 0 atom stereocenters. The predicted molar refractivity (Wildman–Crippen MR) is 91.6 cm³/mol. The Kier molecular flexibility index (Phi) is 6.38. The summed E-state index contributed by atoms with van der Waals surface area (Å²) in [6.45, 7) is 11.2. The first kappa shape index (κ1) is 18.9. The maximum absolute atomic E-state index is 12.5. The van der Waals surface area contributed by atoms with Crippen molar-refractivity contribution in [1.29, 1.82) is 0 Å². The van der Waals surface area contributed by atoms with Crippen molar-refractivity contribution in [3.05, 3.63) is 10.6 Å². The summed E-state index contributed by atoms with van der Waals surface area (Å²) in [7, 11) is 0. The summed E-state index contributed by atoms with van der Waals surface area (Å²) in [5.41, 5.74) is 0.209. The number of alkyl halides is 1.